The number of carbonyl (C=O) groups excluding carboxylic acids is 2. The molecule has 0 atom stereocenters. The summed E-state index contributed by atoms with van der Waals surface area (Å²) in [6.45, 7) is 5.81. The molecule has 0 aliphatic heterocycles. The van der Waals surface area contributed by atoms with Crippen LogP contribution in [0.4, 0.5) is 11.4 Å². The number of rotatable bonds is 13. The van der Waals surface area contributed by atoms with Crippen LogP contribution in [0.3, 0.4) is 0 Å². The summed E-state index contributed by atoms with van der Waals surface area (Å²) in [5, 5.41) is 48.1. The van der Waals surface area contributed by atoms with Gasteiger partial charge in [-0.05, 0) is 30.8 Å². The Morgan fingerprint density at radius 1 is 0.706 bits per heavy atom. The highest BCUT2D eigenvalue weighted by atomic mass is 16.3. The zero-order valence-electron chi connectivity index (χ0n) is 19.2. The van der Waals surface area contributed by atoms with Crippen LogP contribution in [-0.4, -0.2) is 95.9 Å². The molecule has 0 spiro atoms. The lowest BCUT2D eigenvalue weighted by Crippen LogP contribution is -2.32. The number of hydrogen-bond donors (Lipinski definition) is 7. The maximum atomic E-state index is 13.5. The minimum atomic E-state index is -0.553. The highest BCUT2D eigenvalue weighted by molar-refractivity contribution is 6.33. The van der Waals surface area contributed by atoms with Crippen molar-refractivity contribution in [1.29, 1.82) is 0 Å². The van der Waals surface area contributed by atoms with Crippen LogP contribution < -0.4 is 16.0 Å². The molecule has 2 aromatic rings. The second-order valence-corrected chi connectivity index (χ2v) is 7.91. The summed E-state index contributed by atoms with van der Waals surface area (Å²) < 4.78 is 0. The third kappa shape index (κ3) is 5.31. The number of nitrogens with zero attached hydrogens (tertiary/aromatic N) is 1. The molecule has 3 rings (SSSR count). The number of aliphatic hydroxyl groups is 2. The predicted octanol–water partition coefficient (Wildman–Crippen LogP) is 0.593. The molecule has 0 aromatic heterocycles. The summed E-state index contributed by atoms with van der Waals surface area (Å²) >= 11 is 0. The largest absolute Gasteiger partial charge is 0.507 e. The van der Waals surface area contributed by atoms with Crippen LogP contribution in [0.15, 0.2) is 24.3 Å². The van der Waals surface area contributed by atoms with Crippen LogP contribution in [0, 0.1) is 0 Å². The van der Waals surface area contributed by atoms with E-state index in [9.17, 15) is 24.9 Å². The molecular weight excluding hydrogens is 440 g/mol. The molecule has 1 aliphatic carbocycles. The molecule has 0 saturated heterocycles. The maximum absolute atomic E-state index is 13.5. The number of aliphatic hydroxyl groups excluding tert-OH is 2. The van der Waals surface area contributed by atoms with Gasteiger partial charge in [0.05, 0.1) is 35.5 Å². The van der Waals surface area contributed by atoms with Gasteiger partial charge in [-0.1, -0.05) is 6.92 Å². The Labute approximate surface area is 198 Å². The summed E-state index contributed by atoms with van der Waals surface area (Å²) in [5.74, 6) is -1.84. The number of aromatic hydroxyl groups is 2. The molecule has 10 nitrogen and oxygen atoms in total. The van der Waals surface area contributed by atoms with Gasteiger partial charge in [0.15, 0.2) is 0 Å². The maximum Gasteiger partial charge on any atom is 0.200 e. The van der Waals surface area contributed by atoms with Crippen LogP contribution in [0.1, 0.15) is 38.8 Å². The van der Waals surface area contributed by atoms with Crippen molar-refractivity contribution in [2.24, 2.45) is 0 Å². The standard InChI is InChI=1S/C24H32N4O6/c1-2-28(12-14-30)11-9-27-16-4-3-15(26-8-7-25-10-13-29)19-20(16)24(34)22-18(32)6-5-17(31)21(22)23(19)33/h3-6,25-27,29-32H,2,7-14H2,1H3. The first-order valence-electron chi connectivity index (χ1n) is 11.4. The first-order chi connectivity index (χ1) is 16.4. The second-order valence-electron chi connectivity index (χ2n) is 7.91. The first-order valence-corrected chi connectivity index (χ1v) is 11.4. The van der Waals surface area contributed by atoms with E-state index >= 15 is 0 Å². The highest BCUT2D eigenvalue weighted by Crippen LogP contribution is 2.42. The Bertz CT molecular complexity index is 1040. The minimum Gasteiger partial charge on any atom is -0.507 e. The van der Waals surface area contributed by atoms with Crippen molar-refractivity contribution in [3.05, 3.63) is 46.5 Å². The fourth-order valence-electron chi connectivity index (χ4n) is 4.07. The Morgan fingerprint density at radius 2 is 1.26 bits per heavy atom. The van der Waals surface area contributed by atoms with Crippen molar-refractivity contribution >= 4 is 22.9 Å². The van der Waals surface area contributed by atoms with E-state index in [1.54, 1.807) is 12.1 Å². The molecule has 184 valence electrons. The Hall–Kier alpha value is -3.18. The van der Waals surface area contributed by atoms with E-state index in [0.717, 1.165) is 6.54 Å². The van der Waals surface area contributed by atoms with E-state index in [4.69, 9.17) is 5.11 Å². The van der Waals surface area contributed by atoms with Crippen molar-refractivity contribution in [3.8, 4) is 11.5 Å². The summed E-state index contributed by atoms with van der Waals surface area (Å²) in [4.78, 5) is 29.0. The van der Waals surface area contributed by atoms with Crippen molar-refractivity contribution < 1.29 is 30.0 Å². The van der Waals surface area contributed by atoms with E-state index in [0.29, 0.717) is 50.6 Å². The molecule has 1 aliphatic rings. The predicted molar refractivity (Wildman–Crippen MR) is 129 cm³/mol. The molecule has 0 saturated carbocycles. The van der Waals surface area contributed by atoms with Crippen molar-refractivity contribution in [2.75, 3.05) is 69.7 Å². The lowest BCUT2D eigenvalue weighted by atomic mass is 9.81. The number of likely N-dealkylation sites (N-methyl/N-ethyl adjacent to an activating group) is 1. The molecule has 7 N–H and O–H groups in total. The molecule has 0 amide bonds. The lowest BCUT2D eigenvalue weighted by Gasteiger charge is -2.25. The van der Waals surface area contributed by atoms with Gasteiger partial charge in [-0.2, -0.15) is 0 Å². The van der Waals surface area contributed by atoms with Gasteiger partial charge in [0.25, 0.3) is 0 Å². The summed E-state index contributed by atoms with van der Waals surface area (Å²) in [5.41, 5.74) is 0.735. The van der Waals surface area contributed by atoms with Crippen LogP contribution in [-0.2, 0) is 0 Å². The fraction of sp³-hybridized carbons (Fsp3) is 0.417. The molecule has 0 heterocycles. The van der Waals surface area contributed by atoms with Gasteiger partial charge in [-0.3, -0.25) is 14.5 Å². The van der Waals surface area contributed by atoms with Gasteiger partial charge in [-0.15, -0.1) is 0 Å². The SMILES string of the molecule is CCN(CCO)CCNc1ccc(NCCNCCO)c2c1C(=O)c1c(O)ccc(O)c1C2=O. The van der Waals surface area contributed by atoms with Crippen molar-refractivity contribution in [3.63, 3.8) is 0 Å². The van der Waals surface area contributed by atoms with Gasteiger partial charge in [0.2, 0.25) is 11.6 Å². The Kier molecular flexibility index (Phi) is 8.83. The summed E-state index contributed by atoms with van der Waals surface area (Å²) in [6.07, 6.45) is 0. The number of ketones is 2. The summed E-state index contributed by atoms with van der Waals surface area (Å²) in [7, 11) is 0. The van der Waals surface area contributed by atoms with Crippen LogP contribution >= 0.6 is 0 Å². The molecule has 0 radical (unpaired) electrons. The quantitative estimate of drug-likeness (QED) is 0.139. The summed E-state index contributed by atoms with van der Waals surface area (Å²) in [6, 6.07) is 5.80. The number of benzene rings is 2. The third-order valence-corrected chi connectivity index (χ3v) is 5.79. The highest BCUT2D eigenvalue weighted by Gasteiger charge is 2.37. The fourth-order valence-corrected chi connectivity index (χ4v) is 4.07. The zero-order valence-corrected chi connectivity index (χ0v) is 19.2. The third-order valence-electron chi connectivity index (χ3n) is 5.79. The van der Waals surface area contributed by atoms with E-state index in [1.807, 2.05) is 11.8 Å². The number of nitrogens with one attached hydrogen (secondary N) is 3. The van der Waals surface area contributed by atoms with Crippen LogP contribution in [0.25, 0.3) is 0 Å². The van der Waals surface area contributed by atoms with Gasteiger partial charge in [-0.25, -0.2) is 0 Å². The first kappa shape index (κ1) is 25.4. The second kappa shape index (κ2) is 11.8. The normalized spacial score (nSPS) is 12.6. The van der Waals surface area contributed by atoms with Crippen LogP contribution in [0.2, 0.25) is 0 Å². The average molecular weight is 473 g/mol. The Balaban J connectivity index is 1.96. The zero-order chi connectivity index (χ0) is 24.7. The lowest BCUT2D eigenvalue weighted by molar-refractivity contribution is 0.0975. The number of phenols is 2. The number of anilines is 2. The smallest absolute Gasteiger partial charge is 0.200 e. The molecule has 34 heavy (non-hydrogen) atoms. The van der Waals surface area contributed by atoms with Gasteiger partial charge in [0, 0.05) is 50.6 Å². The monoisotopic (exact) mass is 472 g/mol. The van der Waals surface area contributed by atoms with E-state index in [-0.39, 0.29) is 47.0 Å². The molecule has 0 bridgehead atoms. The van der Waals surface area contributed by atoms with E-state index < -0.39 is 11.6 Å². The Morgan fingerprint density at radius 3 is 1.76 bits per heavy atom. The number of phenolic OH excluding ortho intramolecular Hbond substituents is 2. The number of carbonyl (C=O) groups is 2. The van der Waals surface area contributed by atoms with Gasteiger partial charge in [0.1, 0.15) is 11.5 Å². The number of hydrogen-bond acceptors (Lipinski definition) is 10. The average Bonchev–Trinajstić information content (AvgIpc) is 2.83. The topological polar surface area (TPSA) is 154 Å². The minimum absolute atomic E-state index is 0.00999. The number of fused-ring (bicyclic) bond motifs is 2. The van der Waals surface area contributed by atoms with Gasteiger partial charge >= 0.3 is 0 Å². The van der Waals surface area contributed by atoms with E-state index in [2.05, 4.69) is 16.0 Å². The van der Waals surface area contributed by atoms with Crippen LogP contribution in [0.5, 0.6) is 11.5 Å². The molecular formula is C24H32N4O6. The van der Waals surface area contributed by atoms with Gasteiger partial charge < -0.3 is 36.4 Å². The molecule has 10 heteroatoms. The van der Waals surface area contributed by atoms with E-state index in [1.165, 1.54) is 12.1 Å². The van der Waals surface area contributed by atoms with Crippen molar-refractivity contribution in [1.82, 2.24) is 10.2 Å². The molecule has 2 aromatic carbocycles. The molecule has 0 unspecified atom stereocenters. The molecule has 0 fully saturated rings. The van der Waals surface area contributed by atoms with Crippen molar-refractivity contribution in [2.45, 2.75) is 6.92 Å².